The summed E-state index contributed by atoms with van der Waals surface area (Å²) in [5.41, 5.74) is 1.20. The minimum absolute atomic E-state index is 0.211. The molecule has 30 heavy (non-hydrogen) atoms. The van der Waals surface area contributed by atoms with Gasteiger partial charge in [-0.05, 0) is 29.8 Å². The van der Waals surface area contributed by atoms with Gasteiger partial charge in [0.15, 0.2) is 11.5 Å². The van der Waals surface area contributed by atoms with E-state index in [2.05, 4.69) is 5.32 Å². The maximum atomic E-state index is 12.6. The lowest BCUT2D eigenvalue weighted by atomic mass is 10.1. The molecule has 0 spiro atoms. The van der Waals surface area contributed by atoms with Gasteiger partial charge in [-0.1, -0.05) is 12.1 Å². The van der Waals surface area contributed by atoms with Gasteiger partial charge in [-0.15, -0.1) is 0 Å². The second-order valence-electron chi connectivity index (χ2n) is 6.13. The van der Waals surface area contributed by atoms with Gasteiger partial charge in [-0.25, -0.2) is 0 Å². The summed E-state index contributed by atoms with van der Waals surface area (Å²) in [6.07, 6.45) is -4.67. The van der Waals surface area contributed by atoms with Gasteiger partial charge < -0.3 is 24.8 Å². The maximum absolute atomic E-state index is 12.6. The average molecular weight is 426 g/mol. The highest BCUT2D eigenvalue weighted by Gasteiger charge is 2.27. The largest absolute Gasteiger partial charge is 0.493 e. The molecular formula is C20H21F3N2O5. The lowest BCUT2D eigenvalue weighted by Gasteiger charge is -2.14. The summed E-state index contributed by atoms with van der Waals surface area (Å²) in [4.78, 5) is 24.1. The van der Waals surface area contributed by atoms with Crippen LogP contribution in [0.3, 0.4) is 0 Å². The first-order chi connectivity index (χ1) is 14.2. The van der Waals surface area contributed by atoms with Crippen LogP contribution in [0.25, 0.3) is 0 Å². The maximum Gasteiger partial charge on any atom is 0.405 e. The Morgan fingerprint density at radius 2 is 1.50 bits per heavy atom. The molecule has 0 saturated heterocycles. The van der Waals surface area contributed by atoms with E-state index in [1.165, 1.54) is 45.6 Å². The Hall–Kier alpha value is -3.43. The zero-order chi connectivity index (χ0) is 22.3. The average Bonchev–Trinajstić information content (AvgIpc) is 2.71. The van der Waals surface area contributed by atoms with Crippen LogP contribution in [0.5, 0.6) is 17.2 Å². The topological polar surface area (TPSA) is 85.9 Å². The fourth-order valence-corrected chi connectivity index (χ4v) is 2.57. The normalized spacial score (nSPS) is 10.9. The van der Waals surface area contributed by atoms with E-state index < -0.39 is 24.5 Å². The van der Waals surface area contributed by atoms with Gasteiger partial charge in [0.25, 0.3) is 5.91 Å². The lowest BCUT2D eigenvalue weighted by molar-refractivity contribution is -0.138. The standard InChI is InChI=1S/C20H21F3N2O5/c1-28-15-9-13(10-16(29-2)18(15)30-3)19(27)25-14-6-4-12(5-7-14)8-17(26)24-11-20(21,22)23/h4-7,9-10H,8,11H2,1-3H3,(H,24,26)(H,25,27). The van der Waals surface area contributed by atoms with Gasteiger partial charge >= 0.3 is 6.18 Å². The third-order valence-electron chi connectivity index (χ3n) is 3.99. The first kappa shape index (κ1) is 22.9. The number of amides is 2. The molecule has 0 radical (unpaired) electrons. The molecule has 7 nitrogen and oxygen atoms in total. The molecule has 0 unspecified atom stereocenters. The Bertz CT molecular complexity index is 873. The first-order valence-corrected chi connectivity index (χ1v) is 8.70. The van der Waals surface area contributed by atoms with Crippen LogP contribution >= 0.6 is 0 Å². The molecule has 2 N–H and O–H groups in total. The summed E-state index contributed by atoms with van der Waals surface area (Å²) in [7, 11) is 4.32. The highest BCUT2D eigenvalue weighted by Crippen LogP contribution is 2.38. The fraction of sp³-hybridized carbons (Fsp3) is 0.300. The summed E-state index contributed by atoms with van der Waals surface area (Å²) in [5.74, 6) is -0.194. The number of ether oxygens (including phenoxy) is 3. The Labute approximate surface area is 171 Å². The predicted molar refractivity (Wildman–Crippen MR) is 103 cm³/mol. The molecule has 10 heteroatoms. The number of alkyl halides is 3. The Morgan fingerprint density at radius 3 is 1.97 bits per heavy atom. The highest BCUT2D eigenvalue weighted by atomic mass is 19.4. The number of methoxy groups -OCH3 is 3. The number of carbonyl (C=O) groups is 2. The van der Waals surface area contributed by atoms with Gasteiger partial charge in [0.1, 0.15) is 6.54 Å². The predicted octanol–water partition coefficient (Wildman–Crippen LogP) is 3.19. The minimum Gasteiger partial charge on any atom is -0.493 e. The second kappa shape index (κ2) is 9.86. The second-order valence-corrected chi connectivity index (χ2v) is 6.13. The lowest BCUT2D eigenvalue weighted by Crippen LogP contribution is -2.34. The Morgan fingerprint density at radius 1 is 0.933 bits per heavy atom. The van der Waals surface area contributed by atoms with Crippen LogP contribution in [0.1, 0.15) is 15.9 Å². The van der Waals surface area contributed by atoms with E-state index >= 15 is 0 Å². The number of nitrogens with one attached hydrogen (secondary N) is 2. The quantitative estimate of drug-likeness (QED) is 0.677. The van der Waals surface area contributed by atoms with Crippen molar-refractivity contribution in [2.45, 2.75) is 12.6 Å². The molecule has 0 heterocycles. The molecule has 0 saturated carbocycles. The number of hydrogen-bond acceptors (Lipinski definition) is 5. The number of benzene rings is 2. The van der Waals surface area contributed by atoms with Crippen molar-refractivity contribution >= 4 is 17.5 Å². The Kier molecular flexibility index (Phi) is 7.51. The van der Waals surface area contributed by atoms with Crippen molar-refractivity contribution in [2.24, 2.45) is 0 Å². The highest BCUT2D eigenvalue weighted by molar-refractivity contribution is 6.05. The summed E-state index contributed by atoms with van der Waals surface area (Å²) in [6, 6.07) is 9.16. The number of carbonyl (C=O) groups excluding carboxylic acids is 2. The van der Waals surface area contributed by atoms with E-state index in [-0.39, 0.29) is 12.0 Å². The van der Waals surface area contributed by atoms with Crippen molar-refractivity contribution in [3.8, 4) is 17.2 Å². The molecule has 0 bridgehead atoms. The molecule has 0 aliphatic heterocycles. The molecule has 0 aliphatic rings. The van der Waals surface area contributed by atoms with Crippen molar-refractivity contribution in [1.82, 2.24) is 5.32 Å². The molecule has 162 valence electrons. The number of hydrogen-bond donors (Lipinski definition) is 2. The third-order valence-corrected chi connectivity index (χ3v) is 3.99. The number of halogens is 3. The van der Waals surface area contributed by atoms with Crippen LogP contribution in [0, 0.1) is 0 Å². The number of anilines is 1. The van der Waals surface area contributed by atoms with Gasteiger partial charge in [-0.2, -0.15) is 13.2 Å². The van der Waals surface area contributed by atoms with E-state index in [9.17, 15) is 22.8 Å². The van der Waals surface area contributed by atoms with Gasteiger partial charge in [0, 0.05) is 11.3 Å². The minimum atomic E-state index is -4.46. The summed E-state index contributed by atoms with van der Waals surface area (Å²) in [6.45, 7) is -1.38. The van der Waals surface area contributed by atoms with Crippen LogP contribution < -0.4 is 24.8 Å². The molecule has 2 aromatic carbocycles. The zero-order valence-corrected chi connectivity index (χ0v) is 16.6. The van der Waals surface area contributed by atoms with Crippen molar-refractivity contribution < 1.29 is 37.0 Å². The van der Waals surface area contributed by atoms with Gasteiger partial charge in [-0.3, -0.25) is 9.59 Å². The third kappa shape index (κ3) is 6.29. The summed E-state index contributed by atoms with van der Waals surface area (Å²) in [5, 5.41) is 4.49. The van der Waals surface area contributed by atoms with E-state index in [0.29, 0.717) is 28.5 Å². The van der Waals surface area contributed by atoms with Crippen LogP contribution in [0.15, 0.2) is 36.4 Å². The summed E-state index contributed by atoms with van der Waals surface area (Å²) >= 11 is 0. The van der Waals surface area contributed by atoms with Gasteiger partial charge in [0.2, 0.25) is 11.7 Å². The van der Waals surface area contributed by atoms with Crippen LogP contribution in [-0.2, 0) is 11.2 Å². The van der Waals surface area contributed by atoms with E-state index in [1.807, 2.05) is 0 Å². The molecule has 2 amide bonds. The molecule has 2 rings (SSSR count). The monoisotopic (exact) mass is 426 g/mol. The van der Waals surface area contributed by atoms with Crippen LogP contribution in [0.2, 0.25) is 0 Å². The summed E-state index contributed by atoms with van der Waals surface area (Å²) < 4.78 is 52.0. The fourth-order valence-electron chi connectivity index (χ4n) is 2.57. The van der Waals surface area contributed by atoms with E-state index in [0.717, 1.165) is 0 Å². The molecule has 0 aliphatic carbocycles. The molecule has 0 atom stereocenters. The van der Waals surface area contributed by atoms with Gasteiger partial charge in [0.05, 0.1) is 27.8 Å². The van der Waals surface area contributed by atoms with Crippen molar-refractivity contribution in [2.75, 3.05) is 33.2 Å². The SMILES string of the molecule is COc1cc(C(=O)Nc2ccc(CC(=O)NCC(F)(F)F)cc2)cc(OC)c1OC. The molecule has 0 aromatic heterocycles. The van der Waals surface area contributed by atoms with Crippen molar-refractivity contribution in [3.63, 3.8) is 0 Å². The van der Waals surface area contributed by atoms with E-state index in [1.54, 1.807) is 17.4 Å². The zero-order valence-electron chi connectivity index (χ0n) is 16.6. The number of rotatable bonds is 8. The van der Waals surface area contributed by atoms with Crippen molar-refractivity contribution in [1.29, 1.82) is 0 Å². The molecular weight excluding hydrogens is 405 g/mol. The van der Waals surface area contributed by atoms with Crippen LogP contribution in [0.4, 0.5) is 18.9 Å². The first-order valence-electron chi connectivity index (χ1n) is 8.70. The van der Waals surface area contributed by atoms with E-state index in [4.69, 9.17) is 14.2 Å². The Balaban J connectivity index is 2.05. The smallest absolute Gasteiger partial charge is 0.405 e. The molecule has 2 aromatic rings. The van der Waals surface area contributed by atoms with Crippen LogP contribution in [-0.4, -0.2) is 45.9 Å². The molecule has 0 fully saturated rings. The van der Waals surface area contributed by atoms with Crippen molar-refractivity contribution in [3.05, 3.63) is 47.5 Å².